The maximum atomic E-state index is 11.6. The van der Waals surface area contributed by atoms with Gasteiger partial charge < -0.3 is 11.1 Å². The van der Waals surface area contributed by atoms with Gasteiger partial charge in [0.15, 0.2) is 0 Å². The molecule has 1 aromatic heterocycles. The number of rotatable bonds is 5. The predicted octanol–water partition coefficient (Wildman–Crippen LogP) is 1.39. The number of nitrogens with two attached hydrogens (primary N) is 1. The van der Waals surface area contributed by atoms with Crippen LogP contribution in [0.5, 0.6) is 0 Å². The monoisotopic (exact) mass is 227 g/mol. The molecular formula is C10H17N3OS. The van der Waals surface area contributed by atoms with Crippen molar-refractivity contribution in [3.05, 3.63) is 16.6 Å². The Bertz CT molecular complexity index is 306. The van der Waals surface area contributed by atoms with E-state index in [-0.39, 0.29) is 11.4 Å². The van der Waals surface area contributed by atoms with E-state index in [2.05, 4.69) is 10.3 Å². The van der Waals surface area contributed by atoms with Crippen molar-refractivity contribution >= 4 is 17.2 Å². The zero-order valence-corrected chi connectivity index (χ0v) is 9.93. The van der Waals surface area contributed by atoms with Gasteiger partial charge in [-0.2, -0.15) is 0 Å². The molecule has 1 aromatic rings. The van der Waals surface area contributed by atoms with Crippen LogP contribution in [-0.4, -0.2) is 23.0 Å². The summed E-state index contributed by atoms with van der Waals surface area (Å²) in [6.07, 6.45) is 1.70. The first-order valence-electron chi connectivity index (χ1n) is 5.06. The smallest absolute Gasteiger partial charge is 0.270 e. The number of nitrogens with zero attached hydrogens (tertiary/aromatic N) is 1. The molecule has 1 rings (SSSR count). The molecule has 1 amide bonds. The molecule has 0 aliphatic heterocycles. The number of thiazole rings is 1. The van der Waals surface area contributed by atoms with E-state index in [9.17, 15) is 4.79 Å². The summed E-state index contributed by atoms with van der Waals surface area (Å²) in [7, 11) is 0. The highest BCUT2D eigenvalue weighted by atomic mass is 32.1. The minimum atomic E-state index is -0.300. The van der Waals surface area contributed by atoms with E-state index < -0.39 is 0 Å². The lowest BCUT2D eigenvalue weighted by molar-refractivity contribution is 0.0938. The first-order valence-corrected chi connectivity index (χ1v) is 6.01. The number of carbonyl (C=O) groups excluding carboxylic acids is 1. The quantitative estimate of drug-likeness (QED) is 0.798. The maximum Gasteiger partial charge on any atom is 0.270 e. The zero-order valence-electron chi connectivity index (χ0n) is 9.12. The topological polar surface area (TPSA) is 68.0 Å². The Morgan fingerprint density at radius 3 is 2.73 bits per heavy atom. The molecule has 0 unspecified atom stereocenters. The highest BCUT2D eigenvalue weighted by Gasteiger charge is 2.21. The standard InChI is InChI=1S/C10H17N3OS/c1-3-10(11,4-2)6-12-9(14)8-5-15-7-13-8/h5,7H,3-4,6,11H2,1-2H3,(H,12,14). The van der Waals surface area contributed by atoms with Crippen LogP contribution in [0.2, 0.25) is 0 Å². The van der Waals surface area contributed by atoms with Gasteiger partial charge in [0, 0.05) is 17.5 Å². The molecular weight excluding hydrogens is 210 g/mol. The van der Waals surface area contributed by atoms with E-state index in [1.54, 1.807) is 10.9 Å². The third-order valence-corrected chi connectivity index (χ3v) is 3.26. The molecule has 0 aliphatic rings. The number of carbonyl (C=O) groups is 1. The summed E-state index contributed by atoms with van der Waals surface area (Å²) in [6, 6.07) is 0. The van der Waals surface area contributed by atoms with Crippen molar-refractivity contribution < 1.29 is 4.79 Å². The molecule has 84 valence electrons. The summed E-state index contributed by atoms with van der Waals surface area (Å²) in [5, 5.41) is 4.54. The molecule has 3 N–H and O–H groups in total. The molecule has 0 aliphatic carbocycles. The van der Waals surface area contributed by atoms with Gasteiger partial charge in [-0.25, -0.2) is 4.98 Å². The van der Waals surface area contributed by atoms with Crippen molar-refractivity contribution in [1.29, 1.82) is 0 Å². The van der Waals surface area contributed by atoms with Crippen LogP contribution in [0.3, 0.4) is 0 Å². The average Bonchev–Trinajstić information content (AvgIpc) is 2.79. The molecule has 0 bridgehead atoms. The normalized spacial score (nSPS) is 11.4. The van der Waals surface area contributed by atoms with Gasteiger partial charge in [-0.05, 0) is 12.8 Å². The van der Waals surface area contributed by atoms with E-state index >= 15 is 0 Å². The number of nitrogens with one attached hydrogen (secondary N) is 1. The van der Waals surface area contributed by atoms with Crippen LogP contribution in [0, 0.1) is 0 Å². The molecule has 0 fully saturated rings. The number of amides is 1. The van der Waals surface area contributed by atoms with Crippen molar-refractivity contribution in [3.8, 4) is 0 Å². The van der Waals surface area contributed by atoms with Crippen LogP contribution in [0.15, 0.2) is 10.9 Å². The van der Waals surface area contributed by atoms with Crippen LogP contribution in [0.1, 0.15) is 37.2 Å². The highest BCUT2D eigenvalue weighted by molar-refractivity contribution is 7.07. The molecule has 0 atom stereocenters. The number of aromatic nitrogens is 1. The minimum absolute atomic E-state index is 0.145. The Morgan fingerprint density at radius 2 is 2.27 bits per heavy atom. The van der Waals surface area contributed by atoms with Gasteiger partial charge in [-0.3, -0.25) is 4.79 Å². The molecule has 0 aromatic carbocycles. The Hall–Kier alpha value is -0.940. The zero-order chi connectivity index (χ0) is 11.3. The molecule has 15 heavy (non-hydrogen) atoms. The number of hydrogen-bond acceptors (Lipinski definition) is 4. The van der Waals surface area contributed by atoms with Gasteiger partial charge in [0.25, 0.3) is 5.91 Å². The Kier molecular flexibility index (Phi) is 4.23. The van der Waals surface area contributed by atoms with E-state index in [1.165, 1.54) is 11.3 Å². The Morgan fingerprint density at radius 1 is 1.60 bits per heavy atom. The fraction of sp³-hybridized carbons (Fsp3) is 0.600. The van der Waals surface area contributed by atoms with Crippen LogP contribution in [-0.2, 0) is 0 Å². The van der Waals surface area contributed by atoms with Gasteiger partial charge >= 0.3 is 0 Å². The fourth-order valence-corrected chi connectivity index (χ4v) is 1.70. The van der Waals surface area contributed by atoms with Crippen LogP contribution < -0.4 is 11.1 Å². The Balaban J connectivity index is 2.47. The van der Waals surface area contributed by atoms with E-state index in [1.807, 2.05) is 13.8 Å². The Labute approximate surface area is 93.9 Å². The van der Waals surface area contributed by atoms with E-state index in [4.69, 9.17) is 5.73 Å². The lowest BCUT2D eigenvalue weighted by atomic mass is 9.94. The van der Waals surface area contributed by atoms with Gasteiger partial charge in [0.1, 0.15) is 5.69 Å². The molecule has 0 saturated carbocycles. The molecule has 5 heteroatoms. The van der Waals surface area contributed by atoms with Crippen molar-refractivity contribution in [1.82, 2.24) is 10.3 Å². The number of hydrogen-bond donors (Lipinski definition) is 2. The second kappa shape index (κ2) is 5.23. The summed E-state index contributed by atoms with van der Waals surface area (Å²) in [5.74, 6) is -0.145. The fourth-order valence-electron chi connectivity index (χ4n) is 1.17. The van der Waals surface area contributed by atoms with Gasteiger partial charge in [-0.1, -0.05) is 13.8 Å². The van der Waals surface area contributed by atoms with Crippen molar-refractivity contribution in [2.75, 3.05) is 6.54 Å². The van der Waals surface area contributed by atoms with Gasteiger partial charge in [-0.15, -0.1) is 11.3 Å². The second-order valence-corrected chi connectivity index (χ2v) is 4.34. The summed E-state index contributed by atoms with van der Waals surface area (Å²) < 4.78 is 0. The second-order valence-electron chi connectivity index (χ2n) is 3.63. The van der Waals surface area contributed by atoms with Crippen LogP contribution >= 0.6 is 11.3 Å². The van der Waals surface area contributed by atoms with Crippen molar-refractivity contribution in [2.24, 2.45) is 5.73 Å². The predicted molar refractivity (Wildman–Crippen MR) is 61.9 cm³/mol. The third-order valence-electron chi connectivity index (χ3n) is 2.67. The summed E-state index contributed by atoms with van der Waals surface area (Å²) in [6.45, 7) is 4.55. The first kappa shape index (κ1) is 12.1. The van der Waals surface area contributed by atoms with Crippen molar-refractivity contribution in [2.45, 2.75) is 32.2 Å². The van der Waals surface area contributed by atoms with Gasteiger partial charge in [0.2, 0.25) is 0 Å². The summed E-state index contributed by atoms with van der Waals surface area (Å²) in [4.78, 5) is 15.5. The van der Waals surface area contributed by atoms with Crippen LogP contribution in [0.25, 0.3) is 0 Å². The lowest BCUT2D eigenvalue weighted by Crippen LogP contribution is -2.49. The summed E-state index contributed by atoms with van der Waals surface area (Å²) in [5.41, 5.74) is 7.88. The lowest BCUT2D eigenvalue weighted by Gasteiger charge is -2.26. The first-order chi connectivity index (χ1) is 7.11. The molecule has 0 saturated heterocycles. The van der Waals surface area contributed by atoms with Crippen LogP contribution in [0.4, 0.5) is 0 Å². The molecule has 1 heterocycles. The van der Waals surface area contributed by atoms with Gasteiger partial charge in [0.05, 0.1) is 5.51 Å². The van der Waals surface area contributed by atoms with Crippen molar-refractivity contribution in [3.63, 3.8) is 0 Å². The largest absolute Gasteiger partial charge is 0.349 e. The molecule has 0 radical (unpaired) electrons. The van der Waals surface area contributed by atoms with E-state index in [0.29, 0.717) is 12.2 Å². The summed E-state index contributed by atoms with van der Waals surface area (Å²) >= 11 is 1.41. The third kappa shape index (κ3) is 3.28. The highest BCUT2D eigenvalue weighted by Crippen LogP contribution is 2.09. The maximum absolute atomic E-state index is 11.6. The molecule has 0 spiro atoms. The minimum Gasteiger partial charge on any atom is -0.349 e. The van der Waals surface area contributed by atoms with E-state index in [0.717, 1.165) is 12.8 Å². The average molecular weight is 227 g/mol. The SMILES string of the molecule is CCC(N)(CC)CNC(=O)c1cscn1. The molecule has 4 nitrogen and oxygen atoms in total.